The first-order valence-corrected chi connectivity index (χ1v) is 9.00. The highest BCUT2D eigenvalue weighted by atomic mass is 16.5. The Morgan fingerprint density at radius 2 is 1.46 bits per heavy atom. The van der Waals surface area contributed by atoms with Gasteiger partial charge in [0.2, 0.25) is 0 Å². The maximum atomic E-state index is 10.0. The molecule has 2 aromatic carbocycles. The molecule has 2 aromatic rings. The summed E-state index contributed by atoms with van der Waals surface area (Å²) in [5, 5.41) is 19.4. The molecule has 5 heteroatoms. The number of aromatic hydroxyl groups is 1. The predicted molar refractivity (Wildman–Crippen MR) is 104 cm³/mol. The number of aliphatic hydroxyl groups is 1. The van der Waals surface area contributed by atoms with Crippen molar-refractivity contribution < 1.29 is 14.9 Å². The van der Waals surface area contributed by atoms with E-state index < -0.39 is 0 Å². The number of ether oxygens (including phenoxy) is 1. The first-order valence-electron chi connectivity index (χ1n) is 9.00. The normalized spacial score (nSPS) is 11.4. The van der Waals surface area contributed by atoms with E-state index in [9.17, 15) is 10.2 Å². The Balaban J connectivity index is 1.97. The van der Waals surface area contributed by atoms with Crippen LogP contribution in [-0.4, -0.2) is 60.1 Å². The van der Waals surface area contributed by atoms with E-state index >= 15 is 0 Å². The van der Waals surface area contributed by atoms with Crippen molar-refractivity contribution in [2.45, 2.75) is 20.0 Å². The van der Waals surface area contributed by atoms with Crippen LogP contribution < -0.4 is 0 Å². The molecule has 142 valence electrons. The maximum absolute atomic E-state index is 10.0. The van der Waals surface area contributed by atoms with Gasteiger partial charge in [-0.05, 0) is 24.1 Å². The van der Waals surface area contributed by atoms with E-state index in [0.29, 0.717) is 25.6 Å². The van der Waals surface area contributed by atoms with Crippen LogP contribution in [0.1, 0.15) is 16.7 Å². The van der Waals surface area contributed by atoms with Crippen LogP contribution in [0.2, 0.25) is 0 Å². The molecule has 0 spiro atoms. The first kappa shape index (κ1) is 20.4. The van der Waals surface area contributed by atoms with Crippen molar-refractivity contribution >= 4 is 0 Å². The Labute approximate surface area is 156 Å². The van der Waals surface area contributed by atoms with E-state index in [4.69, 9.17) is 4.74 Å². The summed E-state index contributed by atoms with van der Waals surface area (Å²) in [5.41, 5.74) is 3.43. The van der Waals surface area contributed by atoms with Gasteiger partial charge in [0.25, 0.3) is 0 Å². The summed E-state index contributed by atoms with van der Waals surface area (Å²) >= 11 is 0. The molecule has 0 saturated heterocycles. The van der Waals surface area contributed by atoms with Gasteiger partial charge < -0.3 is 14.9 Å². The van der Waals surface area contributed by atoms with Gasteiger partial charge in [-0.25, -0.2) is 0 Å². The number of aliphatic hydroxyl groups excluding tert-OH is 1. The Morgan fingerprint density at radius 3 is 2.12 bits per heavy atom. The number of para-hydroxylation sites is 1. The molecule has 0 aromatic heterocycles. The molecule has 5 nitrogen and oxygen atoms in total. The molecule has 0 unspecified atom stereocenters. The number of hydrogen-bond donors (Lipinski definition) is 2. The summed E-state index contributed by atoms with van der Waals surface area (Å²) in [6.07, 6.45) is 0. The van der Waals surface area contributed by atoms with Crippen molar-refractivity contribution in [3.63, 3.8) is 0 Å². The van der Waals surface area contributed by atoms with Crippen LogP contribution in [0.25, 0.3) is 0 Å². The van der Waals surface area contributed by atoms with Gasteiger partial charge in [-0.3, -0.25) is 9.80 Å². The fourth-order valence-electron chi connectivity index (χ4n) is 2.98. The zero-order chi connectivity index (χ0) is 18.8. The van der Waals surface area contributed by atoms with Crippen LogP contribution >= 0.6 is 0 Å². The molecule has 0 amide bonds. The van der Waals surface area contributed by atoms with Gasteiger partial charge in [-0.15, -0.1) is 0 Å². The summed E-state index contributed by atoms with van der Waals surface area (Å²) < 4.78 is 5.32. The Bertz CT molecular complexity index is 606. The minimum atomic E-state index is 0.135. The third-order valence-corrected chi connectivity index (χ3v) is 4.50. The summed E-state index contributed by atoms with van der Waals surface area (Å²) in [6.45, 7) is 6.40. The molecular formula is C21H30N2O3. The molecule has 0 bridgehead atoms. The molecule has 2 rings (SSSR count). The molecule has 0 fully saturated rings. The number of phenols is 1. The zero-order valence-corrected chi connectivity index (χ0v) is 15.8. The van der Waals surface area contributed by atoms with Crippen LogP contribution in [0.4, 0.5) is 0 Å². The van der Waals surface area contributed by atoms with Crippen molar-refractivity contribution in [3.8, 4) is 5.75 Å². The van der Waals surface area contributed by atoms with Crippen molar-refractivity contribution in [1.29, 1.82) is 0 Å². The smallest absolute Gasteiger partial charge is 0.120 e. The van der Waals surface area contributed by atoms with E-state index in [1.54, 1.807) is 13.2 Å². The highest BCUT2D eigenvalue weighted by Crippen LogP contribution is 2.18. The van der Waals surface area contributed by atoms with Crippen molar-refractivity contribution in [2.24, 2.45) is 0 Å². The number of hydrogen-bond acceptors (Lipinski definition) is 5. The number of nitrogens with zero attached hydrogens (tertiary/aromatic N) is 2. The number of benzene rings is 2. The van der Waals surface area contributed by atoms with Crippen molar-refractivity contribution in [2.75, 3.05) is 40.1 Å². The molecular weight excluding hydrogens is 328 g/mol. The average molecular weight is 358 g/mol. The Morgan fingerprint density at radius 1 is 0.846 bits per heavy atom. The minimum Gasteiger partial charge on any atom is -0.508 e. The molecule has 0 heterocycles. The summed E-state index contributed by atoms with van der Waals surface area (Å²) in [4.78, 5) is 4.40. The molecule has 0 atom stereocenters. The quantitative estimate of drug-likeness (QED) is 0.605. The van der Waals surface area contributed by atoms with Crippen molar-refractivity contribution in [1.82, 2.24) is 9.80 Å². The van der Waals surface area contributed by atoms with E-state index in [1.165, 1.54) is 11.1 Å². The van der Waals surface area contributed by atoms with Gasteiger partial charge in [0.05, 0.1) is 13.3 Å². The summed E-state index contributed by atoms with van der Waals surface area (Å²) in [7, 11) is 1.68. The van der Waals surface area contributed by atoms with Crippen LogP contribution in [0.5, 0.6) is 5.75 Å². The molecule has 0 aliphatic rings. The second-order valence-corrected chi connectivity index (χ2v) is 6.53. The highest BCUT2D eigenvalue weighted by Gasteiger charge is 2.12. The van der Waals surface area contributed by atoms with E-state index in [0.717, 1.165) is 25.2 Å². The molecule has 2 N–H and O–H groups in total. The van der Waals surface area contributed by atoms with Crippen LogP contribution in [0.3, 0.4) is 0 Å². The lowest BCUT2D eigenvalue weighted by Crippen LogP contribution is -2.37. The fraction of sp³-hybridized carbons (Fsp3) is 0.429. The van der Waals surface area contributed by atoms with E-state index in [1.807, 2.05) is 24.3 Å². The first-order chi connectivity index (χ1) is 12.6. The fourth-order valence-corrected chi connectivity index (χ4v) is 2.98. The molecule has 0 aliphatic carbocycles. The second-order valence-electron chi connectivity index (χ2n) is 6.53. The molecule has 26 heavy (non-hydrogen) atoms. The summed E-state index contributed by atoms with van der Waals surface area (Å²) in [5.74, 6) is 0.306. The standard InChI is InChI=1S/C21H30N2O3/c1-18-7-3-4-8-19(18)15-22(13-14-24)11-12-23(17-26-2)16-20-9-5-6-10-21(20)25/h3-10,24-25H,11-17H2,1-2H3. The number of phenolic OH excluding ortho intramolecular Hbond substituents is 1. The number of aryl methyl sites for hydroxylation is 1. The summed E-state index contributed by atoms with van der Waals surface area (Å²) in [6, 6.07) is 15.7. The zero-order valence-electron chi connectivity index (χ0n) is 15.8. The van der Waals surface area contributed by atoms with Gasteiger partial charge in [0.1, 0.15) is 5.75 Å². The predicted octanol–water partition coefficient (Wildman–Crippen LogP) is 2.60. The molecule has 0 radical (unpaired) electrons. The van der Waals surface area contributed by atoms with Crippen LogP contribution in [0, 0.1) is 6.92 Å². The van der Waals surface area contributed by atoms with Gasteiger partial charge in [0.15, 0.2) is 0 Å². The maximum Gasteiger partial charge on any atom is 0.120 e. The average Bonchev–Trinajstić information content (AvgIpc) is 2.63. The third-order valence-electron chi connectivity index (χ3n) is 4.50. The molecule has 0 aliphatic heterocycles. The Hall–Kier alpha value is -1.92. The third kappa shape index (κ3) is 6.42. The molecule has 0 saturated carbocycles. The topological polar surface area (TPSA) is 56.2 Å². The van der Waals surface area contributed by atoms with Gasteiger partial charge in [-0.2, -0.15) is 0 Å². The monoisotopic (exact) mass is 358 g/mol. The largest absolute Gasteiger partial charge is 0.508 e. The van der Waals surface area contributed by atoms with Gasteiger partial charge in [-0.1, -0.05) is 42.5 Å². The lowest BCUT2D eigenvalue weighted by Gasteiger charge is -2.27. The SMILES string of the molecule is COCN(CCN(CCO)Cc1ccccc1C)Cc1ccccc1O. The Kier molecular flexibility index (Phi) is 8.58. The van der Waals surface area contributed by atoms with Gasteiger partial charge in [0, 0.05) is 45.4 Å². The number of rotatable bonds is 11. The lowest BCUT2D eigenvalue weighted by molar-refractivity contribution is 0.0474. The van der Waals surface area contributed by atoms with Crippen LogP contribution in [-0.2, 0) is 17.8 Å². The lowest BCUT2D eigenvalue weighted by atomic mass is 10.1. The van der Waals surface area contributed by atoms with E-state index in [2.05, 4.69) is 34.9 Å². The van der Waals surface area contributed by atoms with E-state index in [-0.39, 0.29) is 6.61 Å². The number of methoxy groups -OCH3 is 1. The van der Waals surface area contributed by atoms with Crippen molar-refractivity contribution in [3.05, 3.63) is 65.2 Å². The van der Waals surface area contributed by atoms with Crippen LogP contribution in [0.15, 0.2) is 48.5 Å². The second kappa shape index (κ2) is 10.9. The highest BCUT2D eigenvalue weighted by molar-refractivity contribution is 5.31. The van der Waals surface area contributed by atoms with Gasteiger partial charge >= 0.3 is 0 Å². The minimum absolute atomic E-state index is 0.135.